The minimum Gasteiger partial charge on any atom is -0.483 e. The molecule has 2 aromatic heterocycles. The molecular weight excluding hydrogens is 417 g/mol. The van der Waals surface area contributed by atoms with Crippen molar-refractivity contribution >= 4 is 11.8 Å². The molecule has 7 nitrogen and oxygen atoms in total. The van der Waals surface area contributed by atoms with Gasteiger partial charge in [0.25, 0.3) is 0 Å². The Bertz CT molecular complexity index is 1150. The largest absolute Gasteiger partial charge is 0.483 e. The van der Waals surface area contributed by atoms with E-state index in [-0.39, 0.29) is 23.5 Å². The average molecular weight is 440 g/mol. The topological polar surface area (TPSA) is 78.9 Å². The Hall–Kier alpha value is -3.20. The fourth-order valence-electron chi connectivity index (χ4n) is 2.87. The molecule has 0 fully saturated rings. The second kappa shape index (κ2) is 9.30. The molecule has 0 bridgehead atoms. The van der Waals surface area contributed by atoms with Crippen LogP contribution in [0.4, 0.5) is 4.39 Å². The van der Waals surface area contributed by atoms with Crippen molar-refractivity contribution < 1.29 is 13.7 Å². The van der Waals surface area contributed by atoms with Gasteiger partial charge < -0.3 is 9.26 Å². The molecule has 31 heavy (non-hydrogen) atoms. The van der Waals surface area contributed by atoms with E-state index in [1.165, 1.54) is 17.8 Å². The normalized spacial score (nSPS) is 12.3. The maximum absolute atomic E-state index is 13.9. The van der Waals surface area contributed by atoms with Crippen molar-refractivity contribution in [1.82, 2.24) is 24.9 Å². The van der Waals surface area contributed by atoms with Crippen LogP contribution >= 0.6 is 11.8 Å². The number of ether oxygens (including phenoxy) is 1. The summed E-state index contributed by atoms with van der Waals surface area (Å²) in [6.45, 7) is 6.07. The monoisotopic (exact) mass is 439 g/mol. The highest BCUT2D eigenvalue weighted by Gasteiger charge is 2.22. The number of para-hydroxylation sites is 2. The van der Waals surface area contributed by atoms with E-state index >= 15 is 0 Å². The van der Waals surface area contributed by atoms with E-state index < -0.39 is 5.82 Å². The summed E-state index contributed by atoms with van der Waals surface area (Å²) in [6.07, 6.45) is 0. The Labute approximate surface area is 183 Å². The van der Waals surface area contributed by atoms with Crippen molar-refractivity contribution in [3.05, 3.63) is 78.0 Å². The molecule has 2 aromatic carbocycles. The lowest BCUT2D eigenvalue weighted by Crippen LogP contribution is -2.07. The number of hydrogen-bond donors (Lipinski definition) is 0. The van der Waals surface area contributed by atoms with Gasteiger partial charge in [-0.2, -0.15) is 4.98 Å². The molecule has 0 amide bonds. The van der Waals surface area contributed by atoms with Gasteiger partial charge in [-0.15, -0.1) is 10.2 Å². The standard InChI is InChI=1S/C22H22FN5O2S/c1-14(2)20-24-21(30-27-20)15(3)31-22-26-25-19(28(22)16-9-5-4-6-10-16)13-29-18-12-8-7-11-17(18)23/h4-12,14-15H,13H2,1-3H3. The van der Waals surface area contributed by atoms with Gasteiger partial charge in [-0.25, -0.2) is 4.39 Å². The zero-order chi connectivity index (χ0) is 21.8. The van der Waals surface area contributed by atoms with Crippen LogP contribution in [0.25, 0.3) is 5.69 Å². The lowest BCUT2D eigenvalue weighted by molar-refractivity contribution is 0.278. The van der Waals surface area contributed by atoms with E-state index in [0.29, 0.717) is 22.7 Å². The van der Waals surface area contributed by atoms with Crippen molar-refractivity contribution in [2.75, 3.05) is 0 Å². The SMILES string of the molecule is CC(C)c1noc(C(C)Sc2nnc(COc3ccccc3F)n2-c2ccccc2)n1. The quantitative estimate of drug-likeness (QED) is 0.343. The lowest BCUT2D eigenvalue weighted by Gasteiger charge is -2.12. The highest BCUT2D eigenvalue weighted by molar-refractivity contribution is 7.99. The first-order chi connectivity index (χ1) is 15.0. The smallest absolute Gasteiger partial charge is 0.239 e. The lowest BCUT2D eigenvalue weighted by atomic mass is 10.2. The van der Waals surface area contributed by atoms with E-state index in [0.717, 1.165) is 5.69 Å². The molecule has 9 heteroatoms. The molecule has 1 atom stereocenters. The van der Waals surface area contributed by atoms with Gasteiger partial charge in [0.2, 0.25) is 5.89 Å². The highest BCUT2D eigenvalue weighted by atomic mass is 32.2. The van der Waals surface area contributed by atoms with Gasteiger partial charge >= 0.3 is 0 Å². The summed E-state index contributed by atoms with van der Waals surface area (Å²) in [6, 6.07) is 16.0. The van der Waals surface area contributed by atoms with E-state index in [4.69, 9.17) is 9.26 Å². The van der Waals surface area contributed by atoms with Crippen LogP contribution in [0.5, 0.6) is 5.75 Å². The fraction of sp³-hybridized carbons (Fsp3) is 0.273. The van der Waals surface area contributed by atoms with Crippen molar-refractivity contribution in [2.45, 2.75) is 43.7 Å². The zero-order valence-corrected chi connectivity index (χ0v) is 18.2. The van der Waals surface area contributed by atoms with Crippen LogP contribution in [0.3, 0.4) is 0 Å². The number of thioether (sulfide) groups is 1. The third-order valence-electron chi connectivity index (χ3n) is 4.51. The minimum atomic E-state index is -0.422. The molecule has 160 valence electrons. The van der Waals surface area contributed by atoms with Crippen LogP contribution < -0.4 is 4.74 Å². The molecule has 0 radical (unpaired) electrons. The Morgan fingerprint density at radius 2 is 1.77 bits per heavy atom. The average Bonchev–Trinajstić information content (AvgIpc) is 3.41. The third kappa shape index (κ3) is 4.77. The maximum Gasteiger partial charge on any atom is 0.239 e. The summed E-state index contributed by atoms with van der Waals surface area (Å²) in [5.74, 6) is 1.68. The first kappa shape index (κ1) is 21.0. The van der Waals surface area contributed by atoms with Gasteiger partial charge in [0.05, 0.1) is 5.25 Å². The zero-order valence-electron chi connectivity index (χ0n) is 17.4. The van der Waals surface area contributed by atoms with Crippen molar-refractivity contribution in [3.8, 4) is 11.4 Å². The van der Waals surface area contributed by atoms with Gasteiger partial charge in [0.15, 0.2) is 28.4 Å². The Kier molecular flexibility index (Phi) is 6.31. The number of nitrogens with zero attached hydrogens (tertiary/aromatic N) is 5. The predicted octanol–water partition coefficient (Wildman–Crippen LogP) is 5.35. The highest BCUT2D eigenvalue weighted by Crippen LogP contribution is 2.35. The molecule has 0 aliphatic rings. The van der Waals surface area contributed by atoms with Gasteiger partial charge in [-0.1, -0.05) is 61.1 Å². The molecular formula is C22H22FN5O2S. The second-order valence-corrected chi connectivity index (χ2v) is 8.50. The van der Waals surface area contributed by atoms with Crippen LogP contribution in [0, 0.1) is 5.82 Å². The van der Waals surface area contributed by atoms with Gasteiger partial charge in [-0.05, 0) is 31.2 Å². The number of aromatic nitrogens is 5. The summed E-state index contributed by atoms with van der Waals surface area (Å²) in [5, 5.41) is 13.2. The van der Waals surface area contributed by atoms with E-state index in [1.54, 1.807) is 18.2 Å². The molecule has 0 saturated carbocycles. The van der Waals surface area contributed by atoms with Gasteiger partial charge in [-0.3, -0.25) is 4.57 Å². The number of rotatable bonds is 8. The second-order valence-electron chi connectivity index (χ2n) is 7.19. The molecule has 1 unspecified atom stereocenters. The first-order valence-electron chi connectivity index (χ1n) is 9.90. The predicted molar refractivity (Wildman–Crippen MR) is 115 cm³/mol. The number of halogens is 1. The molecule has 4 rings (SSSR count). The molecule has 0 aliphatic heterocycles. The van der Waals surface area contributed by atoms with Gasteiger partial charge in [0.1, 0.15) is 6.61 Å². The van der Waals surface area contributed by atoms with Crippen LogP contribution in [0.15, 0.2) is 64.3 Å². The summed E-state index contributed by atoms with van der Waals surface area (Å²) < 4.78 is 26.9. The fourth-order valence-corrected chi connectivity index (χ4v) is 3.78. The number of benzene rings is 2. The minimum absolute atomic E-state index is 0.0653. The molecule has 0 saturated heterocycles. The Balaban J connectivity index is 1.60. The van der Waals surface area contributed by atoms with Crippen LogP contribution in [-0.4, -0.2) is 24.9 Å². The van der Waals surface area contributed by atoms with E-state index in [2.05, 4.69) is 20.3 Å². The summed E-state index contributed by atoms with van der Waals surface area (Å²) >= 11 is 1.45. The van der Waals surface area contributed by atoms with Crippen LogP contribution in [0.1, 0.15) is 49.5 Å². The van der Waals surface area contributed by atoms with Crippen molar-refractivity contribution in [2.24, 2.45) is 0 Å². The molecule has 0 aliphatic carbocycles. The summed E-state index contributed by atoms with van der Waals surface area (Å²) in [4.78, 5) is 4.48. The van der Waals surface area contributed by atoms with Crippen molar-refractivity contribution in [3.63, 3.8) is 0 Å². The van der Waals surface area contributed by atoms with E-state index in [1.807, 2.05) is 55.7 Å². The van der Waals surface area contributed by atoms with E-state index in [9.17, 15) is 4.39 Å². The summed E-state index contributed by atoms with van der Waals surface area (Å²) in [7, 11) is 0. The maximum atomic E-state index is 13.9. The molecule has 4 aromatic rings. The third-order valence-corrected chi connectivity index (χ3v) is 5.54. The molecule has 0 spiro atoms. The molecule has 2 heterocycles. The first-order valence-corrected chi connectivity index (χ1v) is 10.8. The van der Waals surface area contributed by atoms with Crippen molar-refractivity contribution in [1.29, 1.82) is 0 Å². The molecule has 0 N–H and O–H groups in total. The van der Waals surface area contributed by atoms with Crippen LogP contribution in [0.2, 0.25) is 0 Å². The Morgan fingerprint density at radius 3 is 2.48 bits per heavy atom. The Morgan fingerprint density at radius 1 is 1.03 bits per heavy atom. The van der Waals surface area contributed by atoms with Crippen LogP contribution in [-0.2, 0) is 6.61 Å². The summed E-state index contributed by atoms with van der Waals surface area (Å²) in [5.41, 5.74) is 0.878. The number of hydrogen-bond acceptors (Lipinski definition) is 7. The van der Waals surface area contributed by atoms with Gasteiger partial charge in [0, 0.05) is 11.6 Å².